The van der Waals surface area contributed by atoms with Crippen LogP contribution in [0.1, 0.15) is 44.1 Å². The molecule has 1 saturated carbocycles. The second kappa shape index (κ2) is 9.57. The molecule has 1 fully saturated rings. The van der Waals surface area contributed by atoms with Gasteiger partial charge in [-0.2, -0.15) is 11.8 Å². The van der Waals surface area contributed by atoms with E-state index in [0.29, 0.717) is 0 Å². The Morgan fingerprint density at radius 2 is 2.04 bits per heavy atom. The molecule has 5 nitrogen and oxygen atoms in total. The molecular weight excluding hydrogens is 324 g/mol. The monoisotopic (exact) mass is 350 g/mol. The Labute approximate surface area is 147 Å². The normalized spacial score (nSPS) is 15.0. The summed E-state index contributed by atoms with van der Waals surface area (Å²) in [6.07, 6.45) is 6.63. The number of aliphatic carboxylic acids is 1. The van der Waals surface area contributed by atoms with Gasteiger partial charge >= 0.3 is 12.0 Å². The third-order valence-electron chi connectivity index (χ3n) is 4.22. The van der Waals surface area contributed by atoms with E-state index in [2.05, 4.69) is 11.4 Å². The first kappa shape index (κ1) is 18.6. The van der Waals surface area contributed by atoms with E-state index >= 15 is 0 Å². The number of hydrogen-bond acceptors (Lipinski definition) is 3. The largest absolute Gasteiger partial charge is 0.481 e. The van der Waals surface area contributed by atoms with E-state index in [-0.39, 0.29) is 19.0 Å². The fourth-order valence-electron chi connectivity index (χ4n) is 2.77. The van der Waals surface area contributed by atoms with Gasteiger partial charge in [0.2, 0.25) is 0 Å². The fourth-order valence-corrected chi connectivity index (χ4v) is 4.04. The van der Waals surface area contributed by atoms with Gasteiger partial charge < -0.3 is 15.3 Å². The minimum Gasteiger partial charge on any atom is -0.481 e. The van der Waals surface area contributed by atoms with Crippen LogP contribution < -0.4 is 5.32 Å². The molecular formula is C18H26N2O3S. The highest BCUT2D eigenvalue weighted by atomic mass is 32.2. The molecule has 2 amide bonds. The van der Waals surface area contributed by atoms with Gasteiger partial charge in [0.25, 0.3) is 0 Å². The molecule has 0 spiro atoms. The second-order valence-electron chi connectivity index (χ2n) is 6.27. The number of carbonyl (C=O) groups is 2. The topological polar surface area (TPSA) is 69.6 Å². The zero-order valence-corrected chi connectivity index (χ0v) is 15.0. The maximum absolute atomic E-state index is 12.1. The summed E-state index contributed by atoms with van der Waals surface area (Å²) < 4.78 is 0. The summed E-state index contributed by atoms with van der Waals surface area (Å²) in [5, 5.41) is 12.3. The number of hydrogen-bond donors (Lipinski definition) is 2. The second-order valence-corrected chi connectivity index (χ2v) is 7.56. The molecule has 0 heterocycles. The first-order valence-electron chi connectivity index (χ1n) is 8.49. The minimum absolute atomic E-state index is 0.0536. The quantitative estimate of drug-likeness (QED) is 0.773. The van der Waals surface area contributed by atoms with Gasteiger partial charge in [-0.3, -0.25) is 4.79 Å². The van der Waals surface area contributed by atoms with Gasteiger partial charge in [0, 0.05) is 30.3 Å². The van der Waals surface area contributed by atoms with Crippen molar-refractivity contribution in [2.75, 3.05) is 18.9 Å². The van der Waals surface area contributed by atoms with Crippen LogP contribution in [0.2, 0.25) is 0 Å². The summed E-state index contributed by atoms with van der Waals surface area (Å²) in [7, 11) is 1.60. The van der Waals surface area contributed by atoms with Crippen LogP contribution in [-0.4, -0.2) is 40.8 Å². The molecule has 0 saturated heterocycles. The lowest BCUT2D eigenvalue weighted by atomic mass is 10.0. The molecule has 0 bridgehead atoms. The minimum atomic E-state index is -0.906. The standard InChI is InChI=1S/C18H26N2O3S/c1-20(11-10-17(21)22)18(23)19-15-7-5-6-14(12-15)13-24-16-8-3-2-4-9-16/h5-7,12,16H,2-4,8-11,13H2,1H3,(H,19,23)(H,21,22). The van der Waals surface area contributed by atoms with Crippen LogP contribution in [0.3, 0.4) is 0 Å². The Bertz CT molecular complexity index is 559. The highest BCUT2D eigenvalue weighted by Gasteiger charge is 2.14. The lowest BCUT2D eigenvalue weighted by molar-refractivity contribution is -0.137. The average molecular weight is 350 g/mol. The van der Waals surface area contributed by atoms with E-state index < -0.39 is 5.97 Å². The SMILES string of the molecule is CN(CCC(=O)O)C(=O)Nc1cccc(CSC2CCCCC2)c1. The van der Waals surface area contributed by atoms with Crippen LogP contribution in [0.5, 0.6) is 0 Å². The third-order valence-corrected chi connectivity index (χ3v) is 5.67. The van der Waals surface area contributed by atoms with Crippen molar-refractivity contribution in [2.45, 2.75) is 49.5 Å². The van der Waals surface area contributed by atoms with Crippen LogP contribution in [0.15, 0.2) is 24.3 Å². The average Bonchev–Trinajstić information content (AvgIpc) is 2.59. The first-order chi connectivity index (χ1) is 11.5. The Kier molecular flexibility index (Phi) is 7.43. The van der Waals surface area contributed by atoms with Crippen LogP contribution in [0.4, 0.5) is 10.5 Å². The van der Waals surface area contributed by atoms with E-state index in [9.17, 15) is 9.59 Å². The molecule has 132 valence electrons. The summed E-state index contributed by atoms with van der Waals surface area (Å²) in [5.41, 5.74) is 1.96. The van der Waals surface area contributed by atoms with Gasteiger partial charge in [-0.05, 0) is 30.5 Å². The van der Waals surface area contributed by atoms with E-state index in [4.69, 9.17) is 5.11 Å². The zero-order chi connectivity index (χ0) is 17.4. The molecule has 1 aliphatic rings. The molecule has 0 atom stereocenters. The molecule has 0 unspecified atom stereocenters. The molecule has 0 radical (unpaired) electrons. The van der Waals surface area contributed by atoms with E-state index in [1.807, 2.05) is 30.0 Å². The molecule has 1 aromatic carbocycles. The van der Waals surface area contributed by atoms with Crippen molar-refractivity contribution in [1.29, 1.82) is 0 Å². The summed E-state index contributed by atoms with van der Waals surface area (Å²) >= 11 is 2.01. The van der Waals surface area contributed by atoms with Crippen LogP contribution in [-0.2, 0) is 10.5 Å². The smallest absolute Gasteiger partial charge is 0.321 e. The zero-order valence-electron chi connectivity index (χ0n) is 14.2. The number of carboxylic acids is 1. The first-order valence-corrected chi connectivity index (χ1v) is 9.54. The van der Waals surface area contributed by atoms with Crippen LogP contribution >= 0.6 is 11.8 Å². The summed E-state index contributed by atoms with van der Waals surface area (Å²) in [6.45, 7) is 0.193. The molecule has 2 rings (SSSR count). The van der Waals surface area contributed by atoms with Crippen molar-refractivity contribution in [2.24, 2.45) is 0 Å². The molecule has 6 heteroatoms. The number of thioether (sulfide) groups is 1. The predicted molar refractivity (Wildman–Crippen MR) is 98.5 cm³/mol. The van der Waals surface area contributed by atoms with Gasteiger partial charge in [0.1, 0.15) is 0 Å². The number of urea groups is 1. The Morgan fingerprint density at radius 1 is 1.29 bits per heavy atom. The number of rotatable bonds is 7. The number of nitrogens with one attached hydrogen (secondary N) is 1. The van der Waals surface area contributed by atoms with Crippen molar-refractivity contribution in [1.82, 2.24) is 4.90 Å². The maximum atomic E-state index is 12.1. The Hall–Kier alpha value is -1.69. The highest BCUT2D eigenvalue weighted by Crippen LogP contribution is 2.30. The van der Waals surface area contributed by atoms with Gasteiger partial charge in [-0.15, -0.1) is 0 Å². The Balaban J connectivity index is 1.82. The van der Waals surface area contributed by atoms with E-state index in [1.54, 1.807) is 7.05 Å². The molecule has 1 aliphatic carbocycles. The molecule has 0 aliphatic heterocycles. The highest BCUT2D eigenvalue weighted by molar-refractivity contribution is 7.99. The summed E-state index contributed by atoms with van der Waals surface area (Å²) in [6, 6.07) is 7.60. The van der Waals surface area contributed by atoms with E-state index in [1.165, 1.54) is 42.6 Å². The van der Waals surface area contributed by atoms with Crippen molar-refractivity contribution in [3.05, 3.63) is 29.8 Å². The van der Waals surface area contributed by atoms with Gasteiger partial charge in [-0.1, -0.05) is 31.4 Å². The predicted octanol–water partition coefficient (Wildman–Crippen LogP) is 4.19. The third kappa shape index (κ3) is 6.43. The fraction of sp³-hybridized carbons (Fsp3) is 0.556. The van der Waals surface area contributed by atoms with Crippen molar-refractivity contribution in [3.8, 4) is 0 Å². The molecule has 1 aromatic rings. The summed E-state index contributed by atoms with van der Waals surface area (Å²) in [5.74, 6) is 0.0554. The van der Waals surface area contributed by atoms with Gasteiger partial charge in [0.15, 0.2) is 0 Å². The Morgan fingerprint density at radius 3 is 2.75 bits per heavy atom. The number of nitrogens with zero attached hydrogens (tertiary/aromatic N) is 1. The van der Waals surface area contributed by atoms with Crippen molar-refractivity contribution in [3.63, 3.8) is 0 Å². The van der Waals surface area contributed by atoms with Crippen molar-refractivity contribution < 1.29 is 14.7 Å². The number of carbonyl (C=O) groups excluding carboxylic acids is 1. The number of anilines is 1. The molecule has 2 N–H and O–H groups in total. The lowest BCUT2D eigenvalue weighted by Crippen LogP contribution is -2.33. The van der Waals surface area contributed by atoms with Gasteiger partial charge in [0.05, 0.1) is 6.42 Å². The lowest BCUT2D eigenvalue weighted by Gasteiger charge is -2.21. The van der Waals surface area contributed by atoms with Crippen LogP contribution in [0.25, 0.3) is 0 Å². The van der Waals surface area contributed by atoms with Gasteiger partial charge in [-0.25, -0.2) is 4.79 Å². The van der Waals surface area contributed by atoms with Crippen molar-refractivity contribution >= 4 is 29.4 Å². The summed E-state index contributed by atoms with van der Waals surface area (Å²) in [4.78, 5) is 24.0. The molecule has 24 heavy (non-hydrogen) atoms. The van der Waals surface area contributed by atoms with Crippen LogP contribution in [0, 0.1) is 0 Å². The van der Waals surface area contributed by atoms with E-state index in [0.717, 1.165) is 16.7 Å². The molecule has 0 aromatic heterocycles. The number of benzene rings is 1. The maximum Gasteiger partial charge on any atom is 0.321 e. The number of amides is 2. The number of carboxylic acid groups (broad SMARTS) is 1.